The molecule has 3 atom stereocenters. The number of amides is 1. The summed E-state index contributed by atoms with van der Waals surface area (Å²) in [4.78, 5) is 28.4. The Morgan fingerprint density at radius 1 is 1.14 bits per heavy atom. The number of para-hydroxylation sites is 1. The Bertz CT molecular complexity index is 1160. The third-order valence-corrected chi connectivity index (χ3v) is 6.20. The number of carbonyl (C=O) groups excluding carboxylic acids is 2. The average Bonchev–Trinajstić information content (AvgIpc) is 3.23. The van der Waals surface area contributed by atoms with Crippen molar-refractivity contribution in [3.63, 3.8) is 0 Å². The van der Waals surface area contributed by atoms with Gasteiger partial charge in [0.05, 0.1) is 24.3 Å². The first-order chi connectivity index (χ1) is 16.7. The lowest BCUT2D eigenvalue weighted by Crippen LogP contribution is -2.42. The molecule has 4 N–H and O–H groups in total. The number of aromatic amines is 1. The minimum atomic E-state index is -0.702. The first kappa shape index (κ1) is 26.7. The van der Waals surface area contributed by atoms with E-state index in [0.717, 1.165) is 22.0 Å². The third-order valence-electron chi connectivity index (χ3n) is 5.96. The molecule has 1 heterocycles. The Balaban J connectivity index is 1.68. The van der Waals surface area contributed by atoms with Crippen molar-refractivity contribution in [1.29, 1.82) is 0 Å². The molecule has 1 aromatic heterocycles. The summed E-state index contributed by atoms with van der Waals surface area (Å²) < 4.78 is 4.87. The summed E-state index contributed by atoms with van der Waals surface area (Å²) >= 11 is 6.02. The fourth-order valence-electron chi connectivity index (χ4n) is 4.18. The summed E-state index contributed by atoms with van der Waals surface area (Å²) in [7, 11) is 1.32. The normalized spacial score (nSPS) is 14.0. The minimum absolute atomic E-state index is 0.0788. The van der Waals surface area contributed by atoms with E-state index in [0.29, 0.717) is 30.0 Å². The highest BCUT2D eigenvalue weighted by atomic mass is 35.5. The lowest BCUT2D eigenvalue weighted by atomic mass is 10.0. The van der Waals surface area contributed by atoms with Crippen molar-refractivity contribution in [1.82, 2.24) is 15.6 Å². The molecule has 0 bridgehead atoms. The maximum Gasteiger partial charge on any atom is 0.328 e. The van der Waals surface area contributed by atoms with Crippen molar-refractivity contribution in [2.24, 2.45) is 5.92 Å². The second kappa shape index (κ2) is 12.2. The Hall–Kier alpha value is -2.87. The van der Waals surface area contributed by atoms with Crippen LogP contribution in [-0.2, 0) is 16.0 Å². The van der Waals surface area contributed by atoms with Gasteiger partial charge in [-0.15, -0.1) is 0 Å². The van der Waals surface area contributed by atoms with Gasteiger partial charge >= 0.3 is 5.97 Å². The first-order valence-corrected chi connectivity index (χ1v) is 12.2. The van der Waals surface area contributed by atoms with Crippen LogP contribution in [0.5, 0.6) is 0 Å². The lowest BCUT2D eigenvalue weighted by molar-refractivity contribution is -0.143. The molecule has 188 valence electrons. The number of nitrogens with one attached hydrogen (secondary N) is 3. The van der Waals surface area contributed by atoms with Crippen LogP contribution in [0.2, 0.25) is 5.02 Å². The van der Waals surface area contributed by atoms with Gasteiger partial charge in [0, 0.05) is 29.2 Å². The zero-order chi connectivity index (χ0) is 25.5. The van der Waals surface area contributed by atoms with Gasteiger partial charge in [-0.2, -0.15) is 0 Å². The number of H-pyrrole nitrogens is 1. The van der Waals surface area contributed by atoms with E-state index in [1.807, 2.05) is 51.2 Å². The van der Waals surface area contributed by atoms with E-state index in [9.17, 15) is 14.7 Å². The number of hydrogen-bond donors (Lipinski definition) is 4. The summed E-state index contributed by atoms with van der Waals surface area (Å²) in [5.74, 6) is -0.555. The van der Waals surface area contributed by atoms with Gasteiger partial charge in [0.15, 0.2) is 0 Å². The molecule has 7 nitrogen and oxygen atoms in total. The Kier molecular flexibility index (Phi) is 9.32. The topological polar surface area (TPSA) is 103 Å². The maximum atomic E-state index is 13.1. The van der Waals surface area contributed by atoms with Gasteiger partial charge in [-0.05, 0) is 55.0 Å². The molecule has 3 rings (SSSR count). The van der Waals surface area contributed by atoms with Crippen molar-refractivity contribution in [3.05, 3.63) is 70.4 Å². The zero-order valence-electron chi connectivity index (χ0n) is 20.6. The SMILES string of the molecule is COC(=O)[C@H](CC(C)C)NC(=O)c1cccc2c(C[C@@H](C)NC[C@H](O)c3cccc(Cl)c3)c[nH]c12. The molecular weight excluding hydrogens is 466 g/mol. The summed E-state index contributed by atoms with van der Waals surface area (Å²) in [5, 5.41) is 18.2. The second-order valence-corrected chi connectivity index (χ2v) is 9.74. The summed E-state index contributed by atoms with van der Waals surface area (Å²) in [6.07, 6.45) is 2.43. The predicted molar refractivity (Wildman–Crippen MR) is 139 cm³/mol. The van der Waals surface area contributed by atoms with Crippen LogP contribution in [0.15, 0.2) is 48.7 Å². The molecule has 0 saturated heterocycles. The molecule has 0 aliphatic rings. The van der Waals surface area contributed by atoms with Crippen LogP contribution < -0.4 is 10.6 Å². The molecule has 0 spiro atoms. The van der Waals surface area contributed by atoms with Crippen molar-refractivity contribution >= 4 is 34.4 Å². The van der Waals surface area contributed by atoms with Crippen LogP contribution in [0.3, 0.4) is 0 Å². The molecule has 8 heteroatoms. The van der Waals surface area contributed by atoms with Crippen molar-refractivity contribution < 1.29 is 19.4 Å². The molecule has 0 saturated carbocycles. The van der Waals surface area contributed by atoms with Gasteiger partial charge in [0.25, 0.3) is 5.91 Å². The molecular formula is C27H34ClN3O4. The monoisotopic (exact) mass is 499 g/mol. The molecule has 0 aliphatic heterocycles. The summed E-state index contributed by atoms with van der Waals surface area (Å²) in [6, 6.07) is 12.1. The van der Waals surface area contributed by atoms with Gasteiger partial charge in [-0.3, -0.25) is 4.79 Å². The number of aromatic nitrogens is 1. The predicted octanol–water partition coefficient (Wildman–Crippen LogP) is 4.39. The largest absolute Gasteiger partial charge is 0.467 e. The van der Waals surface area contributed by atoms with E-state index in [2.05, 4.69) is 15.6 Å². The molecule has 2 aromatic carbocycles. The second-order valence-electron chi connectivity index (χ2n) is 9.31. The summed E-state index contributed by atoms with van der Waals surface area (Å²) in [6.45, 7) is 6.42. The molecule has 0 radical (unpaired) electrons. The molecule has 0 fully saturated rings. The Morgan fingerprint density at radius 2 is 1.89 bits per heavy atom. The number of methoxy groups -OCH3 is 1. The van der Waals surface area contributed by atoms with Crippen LogP contribution in [-0.4, -0.2) is 47.7 Å². The van der Waals surface area contributed by atoms with E-state index in [1.54, 1.807) is 18.2 Å². The van der Waals surface area contributed by atoms with Gasteiger partial charge < -0.3 is 25.5 Å². The fourth-order valence-corrected chi connectivity index (χ4v) is 4.38. The highest BCUT2D eigenvalue weighted by Gasteiger charge is 2.24. The van der Waals surface area contributed by atoms with E-state index in [4.69, 9.17) is 16.3 Å². The average molecular weight is 500 g/mol. The third kappa shape index (κ3) is 7.07. The number of hydrogen-bond acceptors (Lipinski definition) is 5. The van der Waals surface area contributed by atoms with Gasteiger partial charge in [-0.25, -0.2) is 4.79 Å². The molecule has 3 aromatic rings. The molecule has 35 heavy (non-hydrogen) atoms. The van der Waals surface area contributed by atoms with Crippen LogP contribution in [0.4, 0.5) is 0 Å². The number of aliphatic hydroxyl groups excluding tert-OH is 1. The molecule has 1 amide bonds. The van der Waals surface area contributed by atoms with Crippen molar-refractivity contribution in [3.8, 4) is 0 Å². The number of aliphatic hydroxyl groups is 1. The summed E-state index contributed by atoms with van der Waals surface area (Å²) in [5.41, 5.74) is 3.02. The van der Waals surface area contributed by atoms with Gasteiger partial charge in [-0.1, -0.05) is 49.7 Å². The zero-order valence-corrected chi connectivity index (χ0v) is 21.4. The quantitative estimate of drug-likeness (QED) is 0.293. The first-order valence-electron chi connectivity index (χ1n) is 11.8. The highest BCUT2D eigenvalue weighted by Crippen LogP contribution is 2.24. The highest BCUT2D eigenvalue weighted by molar-refractivity contribution is 6.30. The standard InChI is InChI=1S/C27H34ClN3O4/c1-16(2)11-23(27(34)35-4)31-26(33)22-10-6-9-21-19(14-30-25(21)22)12-17(3)29-15-24(32)18-7-5-8-20(28)13-18/h5-10,13-14,16-17,23-24,29-30,32H,11-12,15H2,1-4H3,(H,31,33)/t17-,23+,24+/m1/s1. The molecule has 0 unspecified atom stereocenters. The lowest BCUT2D eigenvalue weighted by Gasteiger charge is -2.18. The van der Waals surface area contributed by atoms with Crippen LogP contribution in [0, 0.1) is 5.92 Å². The molecule has 0 aliphatic carbocycles. The van der Waals surface area contributed by atoms with E-state index in [1.165, 1.54) is 7.11 Å². The fraction of sp³-hybridized carbons (Fsp3) is 0.407. The number of fused-ring (bicyclic) bond motifs is 1. The van der Waals surface area contributed by atoms with E-state index < -0.39 is 18.1 Å². The Morgan fingerprint density at radius 3 is 2.57 bits per heavy atom. The number of carbonyl (C=O) groups is 2. The van der Waals surface area contributed by atoms with Gasteiger partial charge in [0.1, 0.15) is 6.04 Å². The van der Waals surface area contributed by atoms with Gasteiger partial charge in [0.2, 0.25) is 0 Å². The van der Waals surface area contributed by atoms with Crippen LogP contribution >= 0.6 is 11.6 Å². The number of ether oxygens (including phenoxy) is 1. The van der Waals surface area contributed by atoms with Crippen LogP contribution in [0.25, 0.3) is 10.9 Å². The van der Waals surface area contributed by atoms with E-state index in [-0.39, 0.29) is 17.9 Å². The number of rotatable bonds is 11. The van der Waals surface area contributed by atoms with E-state index >= 15 is 0 Å². The Labute approximate surface area is 211 Å². The number of halogens is 1. The minimum Gasteiger partial charge on any atom is -0.467 e. The number of benzene rings is 2. The maximum absolute atomic E-state index is 13.1. The smallest absolute Gasteiger partial charge is 0.328 e. The van der Waals surface area contributed by atoms with Crippen molar-refractivity contribution in [2.45, 2.75) is 51.8 Å². The number of esters is 1. The van der Waals surface area contributed by atoms with Crippen LogP contribution in [0.1, 0.15) is 54.8 Å². The van der Waals surface area contributed by atoms with Crippen molar-refractivity contribution in [2.75, 3.05) is 13.7 Å².